The molecule has 11 heteroatoms. The highest BCUT2D eigenvalue weighted by Gasteiger charge is 2.33. The molecule has 0 aliphatic rings. The van der Waals surface area contributed by atoms with Gasteiger partial charge in [0, 0.05) is 6.07 Å². The zero-order valence-corrected chi connectivity index (χ0v) is 18.6. The number of alkyl halides is 6. The summed E-state index contributed by atoms with van der Waals surface area (Å²) in [5.74, 6) is 1.10. The van der Waals surface area contributed by atoms with Crippen LogP contribution in [-0.2, 0) is 7.59 Å². The van der Waals surface area contributed by atoms with E-state index in [2.05, 4.69) is 15.0 Å². The lowest BCUT2D eigenvalue weighted by Gasteiger charge is -2.14. The number of nitrogens with zero attached hydrogens (tertiary/aromatic N) is 3. The highest BCUT2D eigenvalue weighted by atomic mass is 35.6. The van der Waals surface area contributed by atoms with E-state index in [4.69, 9.17) is 79.1 Å². The third-order valence-electron chi connectivity index (χ3n) is 3.03. The molecule has 0 saturated carbocycles. The molecule has 0 saturated heterocycles. The van der Waals surface area contributed by atoms with Gasteiger partial charge in [0.1, 0.15) is 11.5 Å². The maximum absolute atomic E-state index is 5.86. The lowest BCUT2D eigenvalue weighted by atomic mass is 10.2. The number of aromatic nitrogens is 3. The van der Waals surface area contributed by atoms with Crippen LogP contribution in [0.2, 0.25) is 0 Å². The van der Waals surface area contributed by atoms with Crippen LogP contribution >= 0.6 is 69.6 Å². The van der Waals surface area contributed by atoms with Crippen molar-refractivity contribution in [2.75, 3.05) is 13.7 Å². The summed E-state index contributed by atoms with van der Waals surface area (Å²) in [7, 11) is 1.56. The van der Waals surface area contributed by atoms with E-state index in [1.165, 1.54) is 0 Å². The average Bonchev–Trinajstić information content (AvgIpc) is 2.58. The highest BCUT2D eigenvalue weighted by molar-refractivity contribution is 6.67. The van der Waals surface area contributed by atoms with E-state index in [1.807, 2.05) is 13.0 Å². The van der Waals surface area contributed by atoms with Gasteiger partial charge in [0.05, 0.1) is 13.7 Å². The first-order valence-electron chi connectivity index (χ1n) is 7.43. The molecule has 2 rings (SSSR count). The standard InChI is InChI=1S/C16H13Cl6N3O2/c1-3-27-11-7-9(6-10(8-11)26-2)4-5-12-23-13(15(17,18)19)25-14(24-12)16(20,21)22/h4-8H,3H2,1-2H3. The molecule has 1 aromatic heterocycles. The second-order valence-electron chi connectivity index (χ2n) is 5.04. The van der Waals surface area contributed by atoms with E-state index in [0.717, 1.165) is 5.56 Å². The third-order valence-corrected chi connectivity index (χ3v) is 4.05. The number of halogens is 6. The van der Waals surface area contributed by atoms with Crippen molar-refractivity contribution in [3.8, 4) is 11.5 Å². The summed E-state index contributed by atoms with van der Waals surface area (Å²) in [6, 6.07) is 5.38. The molecule has 2 aromatic rings. The lowest BCUT2D eigenvalue weighted by molar-refractivity contribution is 0.336. The van der Waals surface area contributed by atoms with E-state index in [0.29, 0.717) is 18.1 Å². The fraction of sp³-hybridized carbons (Fsp3) is 0.312. The van der Waals surface area contributed by atoms with Crippen molar-refractivity contribution in [3.05, 3.63) is 41.2 Å². The number of methoxy groups -OCH3 is 1. The Hall–Kier alpha value is -0.690. The monoisotopic (exact) mass is 489 g/mol. The van der Waals surface area contributed by atoms with Gasteiger partial charge < -0.3 is 9.47 Å². The zero-order chi connectivity index (χ0) is 20.2. The maximum Gasteiger partial charge on any atom is 0.250 e. The van der Waals surface area contributed by atoms with Crippen molar-refractivity contribution in [2.24, 2.45) is 0 Å². The molecule has 1 heterocycles. The predicted molar refractivity (Wildman–Crippen MR) is 111 cm³/mol. The second kappa shape index (κ2) is 9.21. The summed E-state index contributed by atoms with van der Waals surface area (Å²) in [5, 5.41) is 0. The summed E-state index contributed by atoms with van der Waals surface area (Å²) >= 11 is 35.1. The molecule has 5 nitrogen and oxygen atoms in total. The first-order chi connectivity index (χ1) is 12.5. The van der Waals surface area contributed by atoms with Gasteiger partial charge in [0.25, 0.3) is 0 Å². The highest BCUT2D eigenvalue weighted by Crippen LogP contribution is 2.40. The minimum absolute atomic E-state index is 0.147. The van der Waals surface area contributed by atoms with Crippen molar-refractivity contribution in [1.29, 1.82) is 0 Å². The Morgan fingerprint density at radius 1 is 0.852 bits per heavy atom. The Morgan fingerprint density at radius 3 is 1.89 bits per heavy atom. The molecule has 1 aromatic carbocycles. The number of benzene rings is 1. The van der Waals surface area contributed by atoms with Gasteiger partial charge in [0.15, 0.2) is 17.5 Å². The normalized spacial score (nSPS) is 12.4. The van der Waals surface area contributed by atoms with Gasteiger partial charge in [-0.1, -0.05) is 75.7 Å². The predicted octanol–water partition coefficient (Wildman–Crippen LogP) is 6.10. The third kappa shape index (κ3) is 6.70. The smallest absolute Gasteiger partial charge is 0.250 e. The van der Waals surface area contributed by atoms with Crippen LogP contribution < -0.4 is 9.47 Å². The fourth-order valence-electron chi connectivity index (χ4n) is 1.95. The molecule has 0 N–H and O–H groups in total. The van der Waals surface area contributed by atoms with Crippen LogP contribution in [0.4, 0.5) is 0 Å². The van der Waals surface area contributed by atoms with Crippen LogP contribution in [0, 0.1) is 0 Å². The Kier molecular flexibility index (Phi) is 7.70. The van der Waals surface area contributed by atoms with Crippen LogP contribution in [-0.4, -0.2) is 28.7 Å². The molecule has 0 spiro atoms. The van der Waals surface area contributed by atoms with Crippen molar-refractivity contribution >= 4 is 81.8 Å². The fourth-order valence-corrected chi connectivity index (χ4v) is 2.46. The van der Waals surface area contributed by atoms with Crippen molar-refractivity contribution in [3.63, 3.8) is 0 Å². The molecule has 0 atom stereocenters. The quantitative estimate of drug-likeness (QED) is 0.473. The average molecular weight is 492 g/mol. The maximum atomic E-state index is 5.86. The van der Waals surface area contributed by atoms with Crippen LogP contribution in [0.15, 0.2) is 18.2 Å². The van der Waals surface area contributed by atoms with Crippen LogP contribution in [0.5, 0.6) is 11.5 Å². The first-order valence-corrected chi connectivity index (χ1v) is 9.70. The molecule has 27 heavy (non-hydrogen) atoms. The Bertz CT molecular complexity index is 802. The van der Waals surface area contributed by atoms with Gasteiger partial charge in [-0.2, -0.15) is 0 Å². The van der Waals surface area contributed by atoms with Crippen molar-refractivity contribution < 1.29 is 9.47 Å². The van der Waals surface area contributed by atoms with Gasteiger partial charge in [-0.15, -0.1) is 0 Å². The Balaban J connectivity index is 2.45. The topological polar surface area (TPSA) is 57.1 Å². The molecule has 0 aliphatic heterocycles. The second-order valence-corrected chi connectivity index (χ2v) is 9.61. The number of ether oxygens (including phenoxy) is 2. The minimum Gasteiger partial charge on any atom is -0.497 e. The van der Waals surface area contributed by atoms with Crippen molar-refractivity contribution in [1.82, 2.24) is 15.0 Å². The van der Waals surface area contributed by atoms with Crippen LogP contribution in [0.1, 0.15) is 30.0 Å². The molecular formula is C16H13Cl6N3O2. The Labute approximate surface area is 186 Å². The molecule has 0 bridgehead atoms. The summed E-state index contributed by atoms with van der Waals surface area (Å²) in [4.78, 5) is 12.1. The van der Waals surface area contributed by atoms with E-state index in [-0.39, 0.29) is 17.5 Å². The largest absolute Gasteiger partial charge is 0.497 e. The number of hydrogen-bond donors (Lipinski definition) is 0. The SMILES string of the molecule is CCOc1cc(C=Cc2nc(C(Cl)(Cl)Cl)nc(C(Cl)(Cl)Cl)n2)cc(OC)c1. The first kappa shape index (κ1) is 22.6. The Morgan fingerprint density at radius 2 is 1.41 bits per heavy atom. The van der Waals surface area contributed by atoms with Gasteiger partial charge >= 0.3 is 0 Å². The van der Waals surface area contributed by atoms with Gasteiger partial charge in [-0.05, 0) is 30.7 Å². The molecule has 0 radical (unpaired) electrons. The minimum atomic E-state index is -1.91. The summed E-state index contributed by atoms with van der Waals surface area (Å²) in [6.45, 7) is 2.40. The zero-order valence-electron chi connectivity index (χ0n) is 14.0. The van der Waals surface area contributed by atoms with Crippen molar-refractivity contribution in [2.45, 2.75) is 14.5 Å². The van der Waals surface area contributed by atoms with Crippen LogP contribution in [0.25, 0.3) is 12.2 Å². The molecule has 0 fully saturated rings. The van der Waals surface area contributed by atoms with E-state index in [9.17, 15) is 0 Å². The molecule has 0 unspecified atom stereocenters. The van der Waals surface area contributed by atoms with E-state index in [1.54, 1.807) is 31.4 Å². The summed E-state index contributed by atoms with van der Waals surface area (Å²) in [6.07, 6.45) is 3.27. The van der Waals surface area contributed by atoms with E-state index < -0.39 is 7.59 Å². The molecule has 146 valence electrons. The lowest BCUT2D eigenvalue weighted by Crippen LogP contribution is -2.16. The number of rotatable bonds is 5. The van der Waals surface area contributed by atoms with Crippen LogP contribution in [0.3, 0.4) is 0 Å². The van der Waals surface area contributed by atoms with E-state index >= 15 is 0 Å². The summed E-state index contributed by atoms with van der Waals surface area (Å²) < 4.78 is 6.95. The summed E-state index contributed by atoms with van der Waals surface area (Å²) in [5.41, 5.74) is 0.768. The van der Waals surface area contributed by atoms with Gasteiger partial charge in [0.2, 0.25) is 7.59 Å². The molecular weight excluding hydrogens is 479 g/mol. The molecule has 0 aliphatic carbocycles. The number of hydrogen-bond acceptors (Lipinski definition) is 5. The molecule has 0 amide bonds. The van der Waals surface area contributed by atoms with Gasteiger partial charge in [-0.25, -0.2) is 15.0 Å². The van der Waals surface area contributed by atoms with Gasteiger partial charge in [-0.3, -0.25) is 0 Å².